The summed E-state index contributed by atoms with van der Waals surface area (Å²) in [5.41, 5.74) is 12.9. The second kappa shape index (κ2) is 4.09. The average molecular weight is 245 g/mol. The van der Waals surface area contributed by atoms with Crippen molar-refractivity contribution in [1.82, 2.24) is 0 Å². The van der Waals surface area contributed by atoms with Crippen LogP contribution in [0.25, 0.3) is 0 Å². The zero-order chi connectivity index (χ0) is 10.0. The molecule has 13 heavy (non-hydrogen) atoms. The number of halogens is 1. The molecule has 0 aliphatic heterocycles. The van der Waals surface area contributed by atoms with E-state index in [1.165, 1.54) is 0 Å². The minimum absolute atomic E-state index is 0.423. The summed E-state index contributed by atoms with van der Waals surface area (Å²) in [5.74, 6) is 0. The van der Waals surface area contributed by atoms with Crippen LogP contribution in [-0.2, 0) is 0 Å². The van der Waals surface area contributed by atoms with Crippen molar-refractivity contribution in [2.24, 2.45) is 5.73 Å². The molecule has 3 nitrogen and oxygen atoms in total. The molecule has 2 atom stereocenters. The topological polar surface area (TPSA) is 72.3 Å². The van der Waals surface area contributed by atoms with Crippen molar-refractivity contribution in [3.05, 3.63) is 28.2 Å². The summed E-state index contributed by atoms with van der Waals surface area (Å²) in [6.07, 6.45) is -0.594. The Bertz CT molecular complexity index is 302. The Labute approximate surface area is 85.9 Å². The van der Waals surface area contributed by atoms with Crippen molar-refractivity contribution in [3.8, 4) is 0 Å². The summed E-state index contributed by atoms with van der Waals surface area (Å²) in [7, 11) is 0. The first-order valence-electron chi connectivity index (χ1n) is 4.01. The molecule has 1 rings (SSSR count). The first-order chi connectivity index (χ1) is 6.02. The van der Waals surface area contributed by atoms with Crippen molar-refractivity contribution in [2.75, 3.05) is 5.73 Å². The molecule has 0 aliphatic rings. The van der Waals surface area contributed by atoms with Crippen LogP contribution in [0.2, 0.25) is 0 Å². The van der Waals surface area contributed by atoms with E-state index in [0.29, 0.717) is 5.69 Å². The normalized spacial score (nSPS) is 15.4. The van der Waals surface area contributed by atoms with Gasteiger partial charge in [0.25, 0.3) is 0 Å². The maximum absolute atomic E-state index is 9.28. The third-order valence-corrected chi connectivity index (χ3v) is 2.42. The Balaban J connectivity index is 3.01. The lowest BCUT2D eigenvalue weighted by Crippen LogP contribution is -2.24. The number of aliphatic hydroxyl groups is 1. The Morgan fingerprint density at radius 1 is 1.46 bits per heavy atom. The van der Waals surface area contributed by atoms with Gasteiger partial charge in [-0.3, -0.25) is 0 Å². The number of anilines is 1. The predicted molar refractivity (Wildman–Crippen MR) is 57.2 cm³/mol. The highest BCUT2D eigenvalue weighted by Gasteiger charge is 2.14. The molecule has 72 valence electrons. The van der Waals surface area contributed by atoms with Gasteiger partial charge in [-0.2, -0.15) is 0 Å². The molecule has 0 bridgehead atoms. The minimum Gasteiger partial charge on any atom is -0.398 e. The molecular formula is C9H13BrN2O. The van der Waals surface area contributed by atoms with E-state index in [1.54, 1.807) is 13.0 Å². The highest BCUT2D eigenvalue weighted by Crippen LogP contribution is 2.24. The molecule has 0 aromatic heterocycles. The standard InChI is InChI=1S/C9H13BrN2O/c1-5(13)9(12)7-3-2-6(10)4-8(7)11/h2-5,9,13H,11-12H2,1H3/t5-,9+/m1/s1. The van der Waals surface area contributed by atoms with Gasteiger partial charge in [0.2, 0.25) is 0 Å². The molecule has 0 unspecified atom stereocenters. The van der Waals surface area contributed by atoms with Gasteiger partial charge in [-0.1, -0.05) is 22.0 Å². The van der Waals surface area contributed by atoms with Crippen molar-refractivity contribution in [3.63, 3.8) is 0 Å². The van der Waals surface area contributed by atoms with Crippen LogP contribution in [0.15, 0.2) is 22.7 Å². The summed E-state index contributed by atoms with van der Waals surface area (Å²) < 4.78 is 0.909. The van der Waals surface area contributed by atoms with E-state index in [0.717, 1.165) is 10.0 Å². The van der Waals surface area contributed by atoms with Crippen LogP contribution in [0, 0.1) is 0 Å². The third kappa shape index (κ3) is 2.43. The Morgan fingerprint density at radius 3 is 2.54 bits per heavy atom. The summed E-state index contributed by atoms with van der Waals surface area (Å²) in [5, 5.41) is 9.28. The molecule has 0 radical (unpaired) electrons. The fourth-order valence-electron chi connectivity index (χ4n) is 1.11. The maximum Gasteiger partial charge on any atom is 0.0705 e. The molecule has 4 heteroatoms. The van der Waals surface area contributed by atoms with E-state index in [-0.39, 0.29) is 0 Å². The van der Waals surface area contributed by atoms with Gasteiger partial charge in [0.05, 0.1) is 12.1 Å². The summed E-state index contributed by atoms with van der Waals surface area (Å²) in [6, 6.07) is 5.02. The van der Waals surface area contributed by atoms with Crippen LogP contribution in [0.4, 0.5) is 5.69 Å². The van der Waals surface area contributed by atoms with E-state index in [1.807, 2.05) is 12.1 Å². The SMILES string of the molecule is C[C@@H](O)[C@H](N)c1ccc(Br)cc1N. The van der Waals surface area contributed by atoms with Gasteiger partial charge in [-0.25, -0.2) is 0 Å². The molecule has 0 saturated carbocycles. The van der Waals surface area contributed by atoms with Crippen molar-refractivity contribution in [1.29, 1.82) is 0 Å². The number of nitrogen functional groups attached to an aromatic ring is 1. The van der Waals surface area contributed by atoms with E-state index in [2.05, 4.69) is 15.9 Å². The zero-order valence-corrected chi connectivity index (χ0v) is 8.95. The van der Waals surface area contributed by atoms with E-state index in [9.17, 15) is 5.11 Å². The van der Waals surface area contributed by atoms with Gasteiger partial charge in [-0.05, 0) is 24.6 Å². The quantitative estimate of drug-likeness (QED) is 0.690. The van der Waals surface area contributed by atoms with E-state index >= 15 is 0 Å². The van der Waals surface area contributed by atoms with Crippen molar-refractivity contribution in [2.45, 2.75) is 19.1 Å². The molecule has 0 spiro atoms. The van der Waals surface area contributed by atoms with E-state index in [4.69, 9.17) is 11.5 Å². The summed E-state index contributed by atoms with van der Waals surface area (Å²) >= 11 is 3.30. The fraction of sp³-hybridized carbons (Fsp3) is 0.333. The number of nitrogens with two attached hydrogens (primary N) is 2. The van der Waals surface area contributed by atoms with Gasteiger partial charge in [0.15, 0.2) is 0 Å². The molecular weight excluding hydrogens is 232 g/mol. The Hall–Kier alpha value is -0.580. The van der Waals surface area contributed by atoms with E-state index < -0.39 is 12.1 Å². The lowest BCUT2D eigenvalue weighted by molar-refractivity contribution is 0.164. The zero-order valence-electron chi connectivity index (χ0n) is 7.37. The Morgan fingerprint density at radius 2 is 2.08 bits per heavy atom. The fourth-order valence-corrected chi connectivity index (χ4v) is 1.49. The van der Waals surface area contributed by atoms with Crippen LogP contribution in [0.3, 0.4) is 0 Å². The molecule has 5 N–H and O–H groups in total. The van der Waals surface area contributed by atoms with Gasteiger partial charge >= 0.3 is 0 Å². The summed E-state index contributed by atoms with van der Waals surface area (Å²) in [4.78, 5) is 0. The number of hydrogen-bond donors (Lipinski definition) is 3. The molecule has 0 saturated heterocycles. The van der Waals surface area contributed by atoms with Crippen LogP contribution < -0.4 is 11.5 Å². The molecule has 0 amide bonds. The van der Waals surface area contributed by atoms with Gasteiger partial charge in [-0.15, -0.1) is 0 Å². The van der Waals surface area contributed by atoms with Gasteiger partial charge in [0, 0.05) is 10.2 Å². The molecule has 1 aromatic carbocycles. The predicted octanol–water partition coefficient (Wildman–Crippen LogP) is 1.41. The number of rotatable bonds is 2. The lowest BCUT2D eigenvalue weighted by Gasteiger charge is -2.17. The van der Waals surface area contributed by atoms with Crippen LogP contribution in [0.1, 0.15) is 18.5 Å². The van der Waals surface area contributed by atoms with Crippen molar-refractivity contribution >= 4 is 21.6 Å². The molecule has 0 heterocycles. The molecule has 0 aliphatic carbocycles. The maximum atomic E-state index is 9.28. The van der Waals surface area contributed by atoms with Crippen LogP contribution in [0.5, 0.6) is 0 Å². The number of hydrogen-bond acceptors (Lipinski definition) is 3. The largest absolute Gasteiger partial charge is 0.398 e. The average Bonchev–Trinajstić information content (AvgIpc) is 2.03. The second-order valence-corrected chi connectivity index (χ2v) is 3.96. The smallest absolute Gasteiger partial charge is 0.0705 e. The first kappa shape index (κ1) is 10.5. The molecule has 1 aromatic rings. The van der Waals surface area contributed by atoms with Crippen LogP contribution in [-0.4, -0.2) is 11.2 Å². The Kier molecular flexibility index (Phi) is 3.30. The minimum atomic E-state index is -0.594. The molecule has 0 fully saturated rings. The number of benzene rings is 1. The van der Waals surface area contributed by atoms with Gasteiger partial charge < -0.3 is 16.6 Å². The lowest BCUT2D eigenvalue weighted by atomic mass is 10.0. The monoisotopic (exact) mass is 244 g/mol. The van der Waals surface area contributed by atoms with Crippen molar-refractivity contribution < 1.29 is 5.11 Å². The highest BCUT2D eigenvalue weighted by atomic mass is 79.9. The number of aliphatic hydroxyl groups excluding tert-OH is 1. The third-order valence-electron chi connectivity index (χ3n) is 1.93. The van der Waals surface area contributed by atoms with Crippen LogP contribution >= 0.6 is 15.9 Å². The first-order valence-corrected chi connectivity index (χ1v) is 4.80. The van der Waals surface area contributed by atoms with Gasteiger partial charge in [0.1, 0.15) is 0 Å². The second-order valence-electron chi connectivity index (χ2n) is 3.04. The highest BCUT2D eigenvalue weighted by molar-refractivity contribution is 9.10. The summed E-state index contributed by atoms with van der Waals surface area (Å²) in [6.45, 7) is 1.64.